The van der Waals surface area contributed by atoms with Gasteiger partial charge in [-0.25, -0.2) is 9.48 Å². The Bertz CT molecular complexity index is 593. The largest absolute Gasteiger partial charge is 0.461 e. The van der Waals surface area contributed by atoms with Gasteiger partial charge in [-0.1, -0.05) is 32.3 Å². The Labute approximate surface area is 124 Å². The van der Waals surface area contributed by atoms with Crippen molar-refractivity contribution in [2.75, 3.05) is 12.3 Å². The van der Waals surface area contributed by atoms with Crippen molar-refractivity contribution in [3.63, 3.8) is 0 Å². The van der Waals surface area contributed by atoms with E-state index in [1.165, 1.54) is 12.8 Å². The Morgan fingerprint density at radius 3 is 2.90 bits per heavy atom. The molecule has 0 aliphatic rings. The maximum atomic E-state index is 11.9. The molecule has 0 saturated carbocycles. The molecule has 112 valence electrons. The Kier molecular flexibility index (Phi) is 5.37. The summed E-state index contributed by atoms with van der Waals surface area (Å²) in [6, 6.07) is 8.98. The molecule has 0 bridgehead atoms. The van der Waals surface area contributed by atoms with E-state index in [0.717, 1.165) is 18.5 Å². The van der Waals surface area contributed by atoms with Crippen LogP contribution in [-0.4, -0.2) is 22.4 Å². The summed E-state index contributed by atoms with van der Waals surface area (Å²) in [6.45, 7) is 2.60. The number of carbonyl (C=O) groups is 1. The van der Waals surface area contributed by atoms with Crippen LogP contribution in [0.1, 0.15) is 43.1 Å². The van der Waals surface area contributed by atoms with Crippen molar-refractivity contribution in [3.05, 3.63) is 42.2 Å². The van der Waals surface area contributed by atoms with Gasteiger partial charge in [0.2, 0.25) is 0 Å². The lowest BCUT2D eigenvalue weighted by molar-refractivity contribution is 0.0490. The smallest absolute Gasteiger partial charge is 0.358 e. The quantitative estimate of drug-likeness (QED) is 0.482. The van der Waals surface area contributed by atoms with E-state index < -0.39 is 0 Å². The molecule has 0 amide bonds. The predicted octanol–water partition coefficient (Wildman–Crippen LogP) is 3.19. The van der Waals surface area contributed by atoms with E-state index in [1.54, 1.807) is 29.1 Å². The number of aromatic nitrogens is 2. The summed E-state index contributed by atoms with van der Waals surface area (Å²) < 4.78 is 6.82. The van der Waals surface area contributed by atoms with Gasteiger partial charge in [0.1, 0.15) is 0 Å². The molecule has 0 saturated heterocycles. The van der Waals surface area contributed by atoms with Crippen molar-refractivity contribution in [2.45, 2.75) is 32.6 Å². The zero-order valence-electron chi connectivity index (χ0n) is 12.3. The lowest BCUT2D eigenvalue weighted by Crippen LogP contribution is -2.08. The third-order valence-corrected chi connectivity index (χ3v) is 3.16. The number of hydrogen-bond acceptors (Lipinski definition) is 4. The maximum absolute atomic E-state index is 11.9. The molecule has 0 unspecified atom stereocenters. The van der Waals surface area contributed by atoms with Crippen LogP contribution < -0.4 is 5.73 Å². The molecule has 0 atom stereocenters. The number of hydrogen-bond donors (Lipinski definition) is 1. The van der Waals surface area contributed by atoms with Crippen molar-refractivity contribution >= 4 is 11.7 Å². The number of anilines is 1. The average molecular weight is 287 g/mol. The number of unbranched alkanes of at least 4 members (excludes halogenated alkanes) is 3. The number of rotatable bonds is 7. The van der Waals surface area contributed by atoms with Gasteiger partial charge in [0.25, 0.3) is 0 Å². The Morgan fingerprint density at radius 1 is 1.29 bits per heavy atom. The van der Waals surface area contributed by atoms with E-state index in [2.05, 4.69) is 12.0 Å². The van der Waals surface area contributed by atoms with Crippen LogP contribution in [-0.2, 0) is 4.74 Å². The highest BCUT2D eigenvalue weighted by atomic mass is 16.5. The van der Waals surface area contributed by atoms with Gasteiger partial charge in [0, 0.05) is 11.9 Å². The first-order valence-electron chi connectivity index (χ1n) is 7.29. The normalized spacial score (nSPS) is 10.5. The Morgan fingerprint density at radius 2 is 2.14 bits per heavy atom. The van der Waals surface area contributed by atoms with Gasteiger partial charge in [0.05, 0.1) is 12.3 Å². The number of ether oxygens (including phenoxy) is 1. The molecule has 21 heavy (non-hydrogen) atoms. The molecule has 1 aromatic heterocycles. The molecule has 0 aliphatic carbocycles. The highest BCUT2D eigenvalue weighted by molar-refractivity contribution is 5.87. The number of esters is 1. The van der Waals surface area contributed by atoms with Gasteiger partial charge >= 0.3 is 5.97 Å². The topological polar surface area (TPSA) is 70.1 Å². The molecular weight excluding hydrogens is 266 g/mol. The number of nitrogen functional groups attached to an aromatic ring is 1. The van der Waals surface area contributed by atoms with E-state index in [0.29, 0.717) is 18.0 Å². The van der Waals surface area contributed by atoms with Crippen LogP contribution >= 0.6 is 0 Å². The molecule has 1 aromatic carbocycles. The predicted molar refractivity (Wildman–Crippen MR) is 82.4 cm³/mol. The summed E-state index contributed by atoms with van der Waals surface area (Å²) in [5.41, 5.74) is 7.52. The first kappa shape index (κ1) is 15.1. The van der Waals surface area contributed by atoms with E-state index in [4.69, 9.17) is 10.5 Å². The van der Waals surface area contributed by atoms with Crippen molar-refractivity contribution < 1.29 is 9.53 Å². The fraction of sp³-hybridized carbons (Fsp3) is 0.375. The second-order valence-corrected chi connectivity index (χ2v) is 4.94. The van der Waals surface area contributed by atoms with Crippen LogP contribution in [0.5, 0.6) is 0 Å². The minimum atomic E-state index is -0.380. The monoisotopic (exact) mass is 287 g/mol. The summed E-state index contributed by atoms with van der Waals surface area (Å²) in [7, 11) is 0. The zero-order chi connectivity index (χ0) is 15.1. The van der Waals surface area contributed by atoms with Crippen LogP contribution in [0.2, 0.25) is 0 Å². The second kappa shape index (κ2) is 7.47. The van der Waals surface area contributed by atoms with Crippen molar-refractivity contribution in [1.82, 2.24) is 9.78 Å². The zero-order valence-corrected chi connectivity index (χ0v) is 12.3. The van der Waals surface area contributed by atoms with Crippen LogP contribution in [0.3, 0.4) is 0 Å². The van der Waals surface area contributed by atoms with Gasteiger partial charge in [-0.3, -0.25) is 0 Å². The molecule has 0 aliphatic heterocycles. The first-order valence-corrected chi connectivity index (χ1v) is 7.29. The fourth-order valence-electron chi connectivity index (χ4n) is 2.01. The van der Waals surface area contributed by atoms with Gasteiger partial charge in [0.15, 0.2) is 5.69 Å². The highest BCUT2D eigenvalue weighted by Crippen LogP contribution is 2.12. The minimum absolute atomic E-state index is 0.313. The SMILES string of the molecule is CCCCCCOC(=O)c1ccn(-c2cccc(N)c2)n1. The molecule has 0 fully saturated rings. The van der Waals surface area contributed by atoms with Gasteiger partial charge < -0.3 is 10.5 Å². The van der Waals surface area contributed by atoms with Crippen molar-refractivity contribution in [3.8, 4) is 5.69 Å². The molecule has 2 aromatic rings. The molecular formula is C16H21N3O2. The summed E-state index contributed by atoms with van der Waals surface area (Å²) in [5, 5.41) is 4.22. The summed E-state index contributed by atoms with van der Waals surface area (Å²) in [4.78, 5) is 11.9. The maximum Gasteiger partial charge on any atom is 0.358 e. The molecule has 2 N–H and O–H groups in total. The minimum Gasteiger partial charge on any atom is -0.461 e. The average Bonchev–Trinajstić information content (AvgIpc) is 2.97. The van der Waals surface area contributed by atoms with Crippen LogP contribution in [0.4, 0.5) is 5.69 Å². The van der Waals surface area contributed by atoms with E-state index in [-0.39, 0.29) is 5.97 Å². The van der Waals surface area contributed by atoms with E-state index in [1.807, 2.05) is 12.1 Å². The summed E-state index contributed by atoms with van der Waals surface area (Å²) in [6.07, 6.45) is 6.04. The number of carbonyl (C=O) groups excluding carboxylic acids is 1. The summed E-state index contributed by atoms with van der Waals surface area (Å²) >= 11 is 0. The molecule has 0 radical (unpaired) electrons. The molecule has 2 rings (SSSR count). The molecule has 5 nitrogen and oxygen atoms in total. The lowest BCUT2D eigenvalue weighted by Gasteiger charge is -2.03. The van der Waals surface area contributed by atoms with Crippen molar-refractivity contribution in [1.29, 1.82) is 0 Å². The molecule has 1 heterocycles. The highest BCUT2D eigenvalue weighted by Gasteiger charge is 2.11. The number of nitrogens with zero attached hydrogens (tertiary/aromatic N) is 2. The first-order chi connectivity index (χ1) is 10.2. The van der Waals surface area contributed by atoms with Gasteiger partial charge in [-0.05, 0) is 30.7 Å². The molecule has 5 heteroatoms. The molecule has 0 spiro atoms. The van der Waals surface area contributed by atoms with Crippen LogP contribution in [0.25, 0.3) is 5.69 Å². The van der Waals surface area contributed by atoms with E-state index >= 15 is 0 Å². The standard InChI is InChI=1S/C16H21N3O2/c1-2-3-4-5-11-21-16(20)15-9-10-19(18-15)14-8-6-7-13(17)12-14/h6-10,12H,2-5,11,17H2,1H3. The third-order valence-electron chi connectivity index (χ3n) is 3.16. The Balaban J connectivity index is 1.92. The second-order valence-electron chi connectivity index (χ2n) is 4.94. The lowest BCUT2D eigenvalue weighted by atomic mass is 10.2. The van der Waals surface area contributed by atoms with Crippen LogP contribution in [0, 0.1) is 0 Å². The number of nitrogens with two attached hydrogens (primary N) is 1. The number of benzene rings is 1. The van der Waals surface area contributed by atoms with Crippen molar-refractivity contribution in [2.24, 2.45) is 0 Å². The van der Waals surface area contributed by atoms with Gasteiger partial charge in [-0.15, -0.1) is 0 Å². The van der Waals surface area contributed by atoms with Gasteiger partial charge in [-0.2, -0.15) is 5.10 Å². The van der Waals surface area contributed by atoms with Crippen LogP contribution in [0.15, 0.2) is 36.5 Å². The third kappa shape index (κ3) is 4.34. The Hall–Kier alpha value is -2.30. The fourth-order valence-corrected chi connectivity index (χ4v) is 2.01. The summed E-state index contributed by atoms with van der Waals surface area (Å²) in [5.74, 6) is -0.380. The van der Waals surface area contributed by atoms with E-state index in [9.17, 15) is 4.79 Å².